The SMILES string of the molecule is CCOC[Si](COCC)(COCC)c1ccccc1. The molecule has 0 amide bonds. The van der Waals surface area contributed by atoms with E-state index in [0.717, 1.165) is 38.5 Å². The van der Waals surface area contributed by atoms with Crippen LogP contribution in [0.2, 0.25) is 0 Å². The molecule has 1 rings (SSSR count). The van der Waals surface area contributed by atoms with E-state index in [4.69, 9.17) is 14.2 Å². The third kappa shape index (κ3) is 5.07. The van der Waals surface area contributed by atoms with Gasteiger partial charge in [-0.25, -0.2) is 0 Å². The minimum absolute atomic E-state index is 0.736. The standard InChI is InChI=1S/C15H26O3Si/c1-4-16-12-19(13-17-5-2,14-18-6-3)15-10-8-7-9-11-15/h7-11H,4-6,12-14H2,1-3H3. The molecule has 0 saturated heterocycles. The van der Waals surface area contributed by atoms with Crippen LogP contribution in [-0.4, -0.2) is 46.6 Å². The fourth-order valence-electron chi connectivity index (χ4n) is 2.06. The number of benzene rings is 1. The zero-order chi connectivity index (χ0) is 14.0. The molecule has 0 heterocycles. The van der Waals surface area contributed by atoms with Gasteiger partial charge in [0.1, 0.15) is 0 Å². The minimum Gasteiger partial charge on any atom is -0.384 e. The second-order valence-electron chi connectivity index (χ2n) is 4.56. The molecule has 0 aliphatic heterocycles. The highest BCUT2D eigenvalue weighted by atomic mass is 28.3. The quantitative estimate of drug-likeness (QED) is 0.615. The molecule has 108 valence electrons. The summed E-state index contributed by atoms with van der Waals surface area (Å²) in [6.45, 7) is 8.31. The van der Waals surface area contributed by atoms with Crippen molar-refractivity contribution >= 4 is 13.3 Å². The molecule has 0 spiro atoms. The van der Waals surface area contributed by atoms with Crippen LogP contribution in [0.1, 0.15) is 20.8 Å². The summed E-state index contributed by atoms with van der Waals surface area (Å²) in [6.07, 6.45) is 2.27. The Hall–Kier alpha value is -0.683. The first kappa shape index (κ1) is 16.4. The van der Waals surface area contributed by atoms with Crippen LogP contribution in [0.3, 0.4) is 0 Å². The third-order valence-corrected chi connectivity index (χ3v) is 6.96. The van der Waals surface area contributed by atoms with Gasteiger partial charge in [0, 0.05) is 38.5 Å². The fraction of sp³-hybridized carbons (Fsp3) is 0.600. The minimum atomic E-state index is -1.90. The van der Waals surface area contributed by atoms with Gasteiger partial charge in [-0.2, -0.15) is 0 Å². The molecule has 19 heavy (non-hydrogen) atoms. The van der Waals surface area contributed by atoms with Crippen molar-refractivity contribution in [3.05, 3.63) is 30.3 Å². The Morgan fingerprint density at radius 2 is 1.16 bits per heavy atom. The summed E-state index contributed by atoms with van der Waals surface area (Å²) in [5, 5.41) is 1.35. The Balaban J connectivity index is 2.94. The number of hydrogen-bond acceptors (Lipinski definition) is 3. The van der Waals surface area contributed by atoms with Crippen LogP contribution in [0.5, 0.6) is 0 Å². The summed E-state index contributed by atoms with van der Waals surface area (Å²) in [6, 6.07) is 10.6. The van der Waals surface area contributed by atoms with Crippen LogP contribution < -0.4 is 5.19 Å². The molecule has 0 bridgehead atoms. The van der Waals surface area contributed by atoms with Crippen LogP contribution in [-0.2, 0) is 14.2 Å². The maximum Gasteiger partial charge on any atom is 0.169 e. The second-order valence-corrected chi connectivity index (χ2v) is 8.56. The van der Waals surface area contributed by atoms with E-state index in [1.54, 1.807) is 0 Å². The zero-order valence-corrected chi connectivity index (χ0v) is 13.4. The first-order chi connectivity index (χ1) is 9.29. The second kappa shape index (κ2) is 9.26. The highest BCUT2D eigenvalue weighted by Gasteiger charge is 2.36. The number of ether oxygens (including phenoxy) is 3. The van der Waals surface area contributed by atoms with Crippen molar-refractivity contribution in [2.24, 2.45) is 0 Å². The third-order valence-electron chi connectivity index (χ3n) is 3.13. The van der Waals surface area contributed by atoms with Gasteiger partial charge in [-0.1, -0.05) is 35.5 Å². The molecule has 1 aromatic carbocycles. The summed E-state index contributed by atoms with van der Waals surface area (Å²) < 4.78 is 17.2. The van der Waals surface area contributed by atoms with E-state index in [1.807, 2.05) is 26.8 Å². The average molecular weight is 282 g/mol. The van der Waals surface area contributed by atoms with E-state index in [1.165, 1.54) is 5.19 Å². The van der Waals surface area contributed by atoms with E-state index in [2.05, 4.69) is 24.3 Å². The predicted molar refractivity (Wildman–Crippen MR) is 81.3 cm³/mol. The molecule has 0 fully saturated rings. The lowest BCUT2D eigenvalue weighted by atomic mass is 10.4. The maximum atomic E-state index is 5.75. The van der Waals surface area contributed by atoms with Crippen LogP contribution in [0.25, 0.3) is 0 Å². The molecule has 0 aliphatic carbocycles. The van der Waals surface area contributed by atoms with E-state index < -0.39 is 8.07 Å². The first-order valence-electron chi connectivity index (χ1n) is 7.07. The van der Waals surface area contributed by atoms with E-state index in [9.17, 15) is 0 Å². The van der Waals surface area contributed by atoms with Gasteiger partial charge in [0.15, 0.2) is 8.07 Å². The molecule has 0 N–H and O–H groups in total. The van der Waals surface area contributed by atoms with Gasteiger partial charge in [0.05, 0.1) is 0 Å². The van der Waals surface area contributed by atoms with Crippen molar-refractivity contribution in [3.63, 3.8) is 0 Å². The summed E-state index contributed by atoms with van der Waals surface area (Å²) in [5.41, 5.74) is 0. The van der Waals surface area contributed by atoms with Gasteiger partial charge in [0.25, 0.3) is 0 Å². The molecular weight excluding hydrogens is 256 g/mol. The summed E-state index contributed by atoms with van der Waals surface area (Å²) in [4.78, 5) is 0. The van der Waals surface area contributed by atoms with E-state index >= 15 is 0 Å². The lowest BCUT2D eigenvalue weighted by Gasteiger charge is -2.31. The Labute approximate surface area is 117 Å². The topological polar surface area (TPSA) is 27.7 Å². The Morgan fingerprint density at radius 3 is 1.53 bits per heavy atom. The van der Waals surface area contributed by atoms with Gasteiger partial charge in [-0.05, 0) is 20.8 Å². The van der Waals surface area contributed by atoms with Crippen LogP contribution in [0, 0.1) is 0 Å². The molecule has 0 aliphatic rings. The molecule has 4 heteroatoms. The molecule has 3 nitrogen and oxygen atoms in total. The Kier molecular flexibility index (Phi) is 7.98. The molecule has 0 radical (unpaired) electrons. The highest BCUT2D eigenvalue weighted by Crippen LogP contribution is 2.08. The number of hydrogen-bond donors (Lipinski definition) is 0. The van der Waals surface area contributed by atoms with Crippen molar-refractivity contribution in [3.8, 4) is 0 Å². The van der Waals surface area contributed by atoms with Crippen molar-refractivity contribution in [1.82, 2.24) is 0 Å². The first-order valence-corrected chi connectivity index (χ1v) is 9.70. The van der Waals surface area contributed by atoms with Gasteiger partial charge in [-0.3, -0.25) is 0 Å². The van der Waals surface area contributed by atoms with Gasteiger partial charge in [0.2, 0.25) is 0 Å². The van der Waals surface area contributed by atoms with Crippen molar-refractivity contribution in [1.29, 1.82) is 0 Å². The van der Waals surface area contributed by atoms with E-state index in [-0.39, 0.29) is 0 Å². The number of rotatable bonds is 10. The summed E-state index contributed by atoms with van der Waals surface area (Å²) >= 11 is 0. The summed E-state index contributed by atoms with van der Waals surface area (Å²) in [5.74, 6) is 0. The predicted octanol–water partition coefficient (Wildman–Crippen LogP) is 2.07. The van der Waals surface area contributed by atoms with E-state index in [0.29, 0.717) is 0 Å². The summed E-state index contributed by atoms with van der Waals surface area (Å²) in [7, 11) is -1.90. The molecular formula is C15H26O3Si. The Morgan fingerprint density at radius 1 is 0.737 bits per heavy atom. The van der Waals surface area contributed by atoms with Gasteiger partial charge in [-0.15, -0.1) is 0 Å². The monoisotopic (exact) mass is 282 g/mol. The van der Waals surface area contributed by atoms with Crippen LogP contribution in [0.15, 0.2) is 30.3 Å². The average Bonchev–Trinajstić information content (AvgIpc) is 2.48. The van der Waals surface area contributed by atoms with Crippen LogP contribution >= 0.6 is 0 Å². The molecule has 0 atom stereocenters. The lowest BCUT2D eigenvalue weighted by molar-refractivity contribution is 0.141. The van der Waals surface area contributed by atoms with Crippen molar-refractivity contribution in [2.45, 2.75) is 20.8 Å². The van der Waals surface area contributed by atoms with Gasteiger partial charge >= 0.3 is 0 Å². The fourth-order valence-corrected chi connectivity index (χ4v) is 5.49. The molecule has 1 aromatic rings. The van der Waals surface area contributed by atoms with Crippen LogP contribution in [0.4, 0.5) is 0 Å². The molecule has 0 unspecified atom stereocenters. The highest BCUT2D eigenvalue weighted by molar-refractivity contribution is 6.91. The van der Waals surface area contributed by atoms with Crippen molar-refractivity contribution < 1.29 is 14.2 Å². The Bertz CT molecular complexity index is 308. The molecule has 0 aromatic heterocycles. The zero-order valence-electron chi connectivity index (χ0n) is 12.4. The lowest BCUT2D eigenvalue weighted by Crippen LogP contribution is -2.60. The maximum absolute atomic E-state index is 5.75. The largest absolute Gasteiger partial charge is 0.384 e. The molecule has 0 saturated carbocycles. The van der Waals surface area contributed by atoms with Gasteiger partial charge < -0.3 is 14.2 Å². The normalized spacial score (nSPS) is 11.7. The van der Waals surface area contributed by atoms with Crippen molar-refractivity contribution in [2.75, 3.05) is 38.5 Å². The smallest absolute Gasteiger partial charge is 0.169 e.